The van der Waals surface area contributed by atoms with Crippen LogP contribution in [0.5, 0.6) is 0 Å². The van der Waals surface area contributed by atoms with Crippen molar-refractivity contribution in [2.24, 2.45) is 0 Å². The van der Waals surface area contributed by atoms with E-state index in [2.05, 4.69) is 5.32 Å². The molecule has 1 aliphatic heterocycles. The third kappa shape index (κ3) is 3.62. The summed E-state index contributed by atoms with van der Waals surface area (Å²) in [5, 5.41) is 2.56. The number of hydrogen-bond donors (Lipinski definition) is 1. The Labute approximate surface area is 156 Å². The number of nitrogens with zero attached hydrogens (tertiary/aromatic N) is 1. The van der Waals surface area contributed by atoms with Gasteiger partial charge in [0.2, 0.25) is 0 Å². The van der Waals surface area contributed by atoms with Crippen LogP contribution >= 0.6 is 0 Å². The zero-order valence-corrected chi connectivity index (χ0v) is 15.4. The van der Waals surface area contributed by atoms with Gasteiger partial charge in [0.05, 0.1) is 12.7 Å². The number of carbonyl (C=O) groups is 3. The first kappa shape index (κ1) is 18.4. The third-order valence-electron chi connectivity index (χ3n) is 4.25. The lowest BCUT2D eigenvalue weighted by Gasteiger charge is -2.08. The molecule has 0 radical (unpaired) electrons. The molecule has 7 nitrogen and oxygen atoms in total. The standard InChI is InChI=1S/C20H20N2O5/c1-4-9-22-18(23)16(21-20(22)25)11-14-7-8-17(27-14)15-10-13(19(24)26-3)6-5-12(15)2/h5-8,10-11H,4,9H2,1-3H3,(H,21,25)/b16-11+. The second kappa shape index (κ2) is 7.49. The first-order chi connectivity index (χ1) is 12.9. The Morgan fingerprint density at radius 2 is 2.04 bits per heavy atom. The van der Waals surface area contributed by atoms with E-state index in [9.17, 15) is 14.4 Å². The van der Waals surface area contributed by atoms with Gasteiger partial charge in [-0.2, -0.15) is 0 Å². The molecule has 140 valence electrons. The molecule has 0 atom stereocenters. The van der Waals surface area contributed by atoms with Crippen molar-refractivity contribution in [2.45, 2.75) is 20.3 Å². The van der Waals surface area contributed by atoms with Crippen molar-refractivity contribution in [3.63, 3.8) is 0 Å². The van der Waals surface area contributed by atoms with Crippen LogP contribution < -0.4 is 5.32 Å². The lowest BCUT2D eigenvalue weighted by molar-refractivity contribution is -0.122. The van der Waals surface area contributed by atoms with E-state index < -0.39 is 12.0 Å². The van der Waals surface area contributed by atoms with Crippen molar-refractivity contribution in [3.05, 3.63) is 52.9 Å². The summed E-state index contributed by atoms with van der Waals surface area (Å²) in [5.41, 5.74) is 2.27. The maximum absolute atomic E-state index is 12.3. The van der Waals surface area contributed by atoms with Crippen LogP contribution in [0.2, 0.25) is 0 Å². The Hall–Kier alpha value is -3.35. The van der Waals surface area contributed by atoms with Gasteiger partial charge in [-0.15, -0.1) is 0 Å². The van der Waals surface area contributed by atoms with Gasteiger partial charge in [-0.05, 0) is 43.2 Å². The van der Waals surface area contributed by atoms with E-state index in [0.717, 1.165) is 11.1 Å². The minimum absolute atomic E-state index is 0.175. The van der Waals surface area contributed by atoms with Crippen LogP contribution in [0.25, 0.3) is 17.4 Å². The highest BCUT2D eigenvalue weighted by Crippen LogP contribution is 2.28. The number of methoxy groups -OCH3 is 1. The molecular formula is C20H20N2O5. The largest absolute Gasteiger partial charge is 0.465 e. The van der Waals surface area contributed by atoms with Crippen molar-refractivity contribution in [1.82, 2.24) is 10.2 Å². The molecule has 0 spiro atoms. The zero-order valence-electron chi connectivity index (χ0n) is 15.4. The molecule has 2 heterocycles. The number of amides is 3. The second-order valence-electron chi connectivity index (χ2n) is 6.17. The van der Waals surface area contributed by atoms with Crippen molar-refractivity contribution >= 4 is 24.0 Å². The summed E-state index contributed by atoms with van der Waals surface area (Å²) < 4.78 is 10.6. The number of aryl methyl sites for hydroxylation is 1. The fraction of sp³-hybridized carbons (Fsp3) is 0.250. The van der Waals surface area contributed by atoms with Gasteiger partial charge in [0.1, 0.15) is 17.2 Å². The molecule has 0 bridgehead atoms. The van der Waals surface area contributed by atoms with E-state index in [4.69, 9.17) is 9.15 Å². The van der Waals surface area contributed by atoms with Crippen molar-refractivity contribution in [2.75, 3.05) is 13.7 Å². The maximum atomic E-state index is 12.3. The predicted octanol–water partition coefficient (Wildman–Crippen LogP) is 3.34. The molecule has 1 saturated heterocycles. The highest BCUT2D eigenvalue weighted by molar-refractivity contribution is 6.13. The van der Waals surface area contributed by atoms with Crippen molar-refractivity contribution < 1.29 is 23.5 Å². The number of benzene rings is 1. The predicted molar refractivity (Wildman–Crippen MR) is 98.7 cm³/mol. The Balaban J connectivity index is 1.89. The summed E-state index contributed by atoms with van der Waals surface area (Å²) >= 11 is 0. The van der Waals surface area contributed by atoms with Crippen LogP contribution in [0.15, 0.2) is 40.4 Å². The van der Waals surface area contributed by atoms with Crippen molar-refractivity contribution in [1.29, 1.82) is 0 Å². The summed E-state index contributed by atoms with van der Waals surface area (Å²) in [6.07, 6.45) is 2.19. The number of nitrogens with one attached hydrogen (secondary N) is 1. The van der Waals surface area contributed by atoms with Crippen LogP contribution in [-0.2, 0) is 9.53 Å². The average Bonchev–Trinajstić information content (AvgIpc) is 3.22. The Kier molecular flexibility index (Phi) is 5.12. The number of furan rings is 1. The number of ether oxygens (including phenoxy) is 1. The van der Waals surface area contributed by atoms with Crippen molar-refractivity contribution in [3.8, 4) is 11.3 Å². The van der Waals surface area contributed by atoms with Gasteiger partial charge in [-0.3, -0.25) is 9.69 Å². The maximum Gasteiger partial charge on any atom is 0.337 e. The molecule has 3 amide bonds. The molecule has 3 rings (SSSR count). The monoisotopic (exact) mass is 368 g/mol. The molecule has 7 heteroatoms. The second-order valence-corrected chi connectivity index (χ2v) is 6.17. The van der Waals surface area contributed by atoms with Gasteiger partial charge < -0.3 is 14.5 Å². The highest BCUT2D eigenvalue weighted by Gasteiger charge is 2.32. The van der Waals surface area contributed by atoms with E-state index in [0.29, 0.717) is 30.0 Å². The molecular weight excluding hydrogens is 348 g/mol. The number of esters is 1. The molecule has 1 aromatic heterocycles. The average molecular weight is 368 g/mol. The van der Waals surface area contributed by atoms with E-state index in [1.807, 2.05) is 19.9 Å². The third-order valence-corrected chi connectivity index (χ3v) is 4.25. The van der Waals surface area contributed by atoms with Crippen LogP contribution in [0.4, 0.5) is 4.79 Å². The molecule has 0 unspecified atom stereocenters. The summed E-state index contributed by atoms with van der Waals surface area (Å²) in [6.45, 7) is 4.16. The molecule has 0 aliphatic carbocycles. The number of urea groups is 1. The summed E-state index contributed by atoms with van der Waals surface area (Å²) in [7, 11) is 1.33. The molecule has 1 aliphatic rings. The minimum atomic E-state index is -0.430. The minimum Gasteiger partial charge on any atom is -0.465 e. The SMILES string of the molecule is CCCN1C(=O)N/C(=C/c2ccc(-c3cc(C(=O)OC)ccc3C)o2)C1=O. The van der Waals surface area contributed by atoms with Gasteiger partial charge in [-0.1, -0.05) is 13.0 Å². The quantitative estimate of drug-likeness (QED) is 0.497. The van der Waals surface area contributed by atoms with Crippen LogP contribution in [0, 0.1) is 6.92 Å². The molecule has 27 heavy (non-hydrogen) atoms. The Bertz CT molecular complexity index is 942. The van der Waals surface area contributed by atoms with Crippen LogP contribution in [0.1, 0.15) is 35.0 Å². The van der Waals surface area contributed by atoms with E-state index in [1.54, 1.807) is 24.3 Å². The molecule has 0 saturated carbocycles. The molecule has 2 aromatic rings. The first-order valence-electron chi connectivity index (χ1n) is 8.58. The normalized spacial score (nSPS) is 15.4. The summed E-state index contributed by atoms with van der Waals surface area (Å²) in [6, 6.07) is 8.22. The van der Waals surface area contributed by atoms with Gasteiger partial charge in [0.15, 0.2) is 0 Å². The topological polar surface area (TPSA) is 88.8 Å². The molecule has 1 aromatic carbocycles. The number of carbonyl (C=O) groups excluding carboxylic acids is 3. The molecule has 1 fully saturated rings. The van der Waals surface area contributed by atoms with E-state index in [-0.39, 0.29) is 11.6 Å². The zero-order chi connectivity index (χ0) is 19.6. The summed E-state index contributed by atoms with van der Waals surface area (Å²) in [4.78, 5) is 37.0. The lowest BCUT2D eigenvalue weighted by Crippen LogP contribution is -2.31. The van der Waals surface area contributed by atoms with E-state index in [1.165, 1.54) is 18.1 Å². The first-order valence-corrected chi connectivity index (χ1v) is 8.58. The lowest BCUT2D eigenvalue weighted by atomic mass is 10.0. The number of imide groups is 1. The van der Waals surface area contributed by atoms with Gasteiger partial charge in [0, 0.05) is 18.2 Å². The molecule has 1 N–H and O–H groups in total. The highest BCUT2D eigenvalue weighted by atomic mass is 16.5. The number of rotatable bonds is 5. The van der Waals surface area contributed by atoms with Gasteiger partial charge in [-0.25, -0.2) is 9.59 Å². The van der Waals surface area contributed by atoms with E-state index >= 15 is 0 Å². The van der Waals surface area contributed by atoms with Gasteiger partial charge >= 0.3 is 12.0 Å². The smallest absolute Gasteiger partial charge is 0.337 e. The number of hydrogen-bond acceptors (Lipinski definition) is 5. The Morgan fingerprint density at radius 1 is 1.26 bits per heavy atom. The fourth-order valence-electron chi connectivity index (χ4n) is 2.85. The van der Waals surface area contributed by atoms with Crippen LogP contribution in [-0.4, -0.2) is 36.5 Å². The van der Waals surface area contributed by atoms with Gasteiger partial charge in [0.25, 0.3) is 5.91 Å². The van der Waals surface area contributed by atoms with Crippen LogP contribution in [0.3, 0.4) is 0 Å². The summed E-state index contributed by atoms with van der Waals surface area (Å²) in [5.74, 6) is 0.172. The Morgan fingerprint density at radius 3 is 2.74 bits per heavy atom. The fourth-order valence-corrected chi connectivity index (χ4v) is 2.85.